The van der Waals surface area contributed by atoms with E-state index >= 15 is 0 Å². The Bertz CT molecular complexity index is 496. The highest BCUT2D eigenvalue weighted by molar-refractivity contribution is 5.88. The minimum absolute atomic E-state index is 0.0198. The maximum Gasteiger partial charge on any atom is 0.408 e. The maximum atomic E-state index is 11.9. The summed E-state index contributed by atoms with van der Waals surface area (Å²) in [6, 6.07) is 0.0219. The van der Waals surface area contributed by atoms with Gasteiger partial charge in [-0.3, -0.25) is 9.59 Å². The molecule has 0 aromatic heterocycles. The first-order chi connectivity index (χ1) is 11.1. The average Bonchev–Trinajstić information content (AvgIpc) is 2.43. The van der Waals surface area contributed by atoms with Crippen molar-refractivity contribution in [2.45, 2.75) is 59.1 Å². The van der Waals surface area contributed by atoms with Crippen LogP contribution >= 0.6 is 0 Å². The average molecular weight is 339 g/mol. The molecule has 0 aliphatic carbocycles. The van der Waals surface area contributed by atoms with Crippen LogP contribution < -0.4 is 10.6 Å². The summed E-state index contributed by atoms with van der Waals surface area (Å²) in [7, 11) is 0. The number of allylic oxidation sites excluding steroid dienone is 1. The summed E-state index contributed by atoms with van der Waals surface area (Å²) >= 11 is 0. The lowest BCUT2D eigenvalue weighted by molar-refractivity contribution is -0.127. The summed E-state index contributed by atoms with van der Waals surface area (Å²) in [6.07, 6.45) is 2.44. The fraction of sp³-hybridized carbons (Fsp3) is 0.706. The van der Waals surface area contributed by atoms with E-state index in [9.17, 15) is 14.4 Å². The van der Waals surface area contributed by atoms with E-state index in [1.165, 1.54) is 0 Å². The molecule has 0 bridgehead atoms. The van der Waals surface area contributed by atoms with Crippen LogP contribution in [0.1, 0.15) is 47.5 Å². The first-order valence-electron chi connectivity index (χ1n) is 8.27. The standard InChI is InChI=1S/C17H29N3O4/c1-12(2)10-15(22)20-8-6-13(7-9-20)19-14(21)11-18-16(23)24-17(3,4)5/h10,13H,6-9,11H2,1-5H3,(H,18,23)(H,19,21). The first kappa shape index (κ1) is 20.0. The summed E-state index contributed by atoms with van der Waals surface area (Å²) in [6.45, 7) is 10.2. The summed E-state index contributed by atoms with van der Waals surface area (Å²) in [4.78, 5) is 37.1. The second-order valence-electron chi connectivity index (χ2n) is 7.24. The fourth-order valence-corrected chi connectivity index (χ4v) is 2.33. The van der Waals surface area contributed by atoms with Gasteiger partial charge < -0.3 is 20.3 Å². The van der Waals surface area contributed by atoms with Crippen molar-refractivity contribution in [3.63, 3.8) is 0 Å². The lowest BCUT2D eigenvalue weighted by Gasteiger charge is -2.32. The van der Waals surface area contributed by atoms with Gasteiger partial charge in [0.25, 0.3) is 0 Å². The Kier molecular flexibility index (Phi) is 7.25. The van der Waals surface area contributed by atoms with Crippen molar-refractivity contribution < 1.29 is 19.1 Å². The Hall–Kier alpha value is -2.05. The van der Waals surface area contributed by atoms with E-state index in [2.05, 4.69) is 10.6 Å². The van der Waals surface area contributed by atoms with Crippen molar-refractivity contribution in [1.82, 2.24) is 15.5 Å². The molecule has 0 aromatic carbocycles. The number of carbonyl (C=O) groups is 3. The zero-order valence-corrected chi connectivity index (χ0v) is 15.3. The van der Waals surface area contributed by atoms with Crippen LogP contribution in [0, 0.1) is 0 Å². The third kappa shape index (κ3) is 7.99. The molecule has 1 heterocycles. The quantitative estimate of drug-likeness (QED) is 0.761. The zero-order chi connectivity index (χ0) is 18.3. The van der Waals surface area contributed by atoms with Gasteiger partial charge >= 0.3 is 6.09 Å². The normalized spacial score (nSPS) is 15.5. The van der Waals surface area contributed by atoms with Crippen LogP contribution in [-0.4, -0.2) is 54.1 Å². The number of alkyl carbamates (subject to hydrolysis) is 1. The number of rotatable bonds is 4. The van der Waals surface area contributed by atoms with Gasteiger partial charge in [0.1, 0.15) is 12.1 Å². The van der Waals surface area contributed by atoms with Crippen molar-refractivity contribution in [3.05, 3.63) is 11.6 Å². The predicted octanol–water partition coefficient (Wildman–Crippen LogP) is 1.58. The van der Waals surface area contributed by atoms with Crippen molar-refractivity contribution in [3.8, 4) is 0 Å². The molecule has 136 valence electrons. The van der Waals surface area contributed by atoms with Gasteiger partial charge in [-0.2, -0.15) is 0 Å². The number of piperidine rings is 1. The number of carbonyl (C=O) groups excluding carboxylic acids is 3. The molecule has 24 heavy (non-hydrogen) atoms. The predicted molar refractivity (Wildman–Crippen MR) is 91.4 cm³/mol. The number of nitrogens with one attached hydrogen (secondary N) is 2. The van der Waals surface area contributed by atoms with Crippen molar-refractivity contribution in [1.29, 1.82) is 0 Å². The molecule has 0 atom stereocenters. The lowest BCUT2D eigenvalue weighted by Crippen LogP contribution is -2.48. The molecule has 1 rings (SSSR count). The minimum atomic E-state index is -0.611. The molecule has 0 radical (unpaired) electrons. The number of hydrogen-bond donors (Lipinski definition) is 2. The molecular weight excluding hydrogens is 310 g/mol. The van der Waals surface area contributed by atoms with E-state index in [0.717, 1.165) is 5.57 Å². The van der Waals surface area contributed by atoms with Crippen LogP contribution in [-0.2, 0) is 14.3 Å². The van der Waals surface area contributed by atoms with E-state index < -0.39 is 11.7 Å². The van der Waals surface area contributed by atoms with E-state index in [1.807, 2.05) is 13.8 Å². The molecule has 1 fully saturated rings. The highest BCUT2D eigenvalue weighted by Crippen LogP contribution is 2.11. The van der Waals surface area contributed by atoms with Gasteiger partial charge in [-0.15, -0.1) is 0 Å². The zero-order valence-electron chi connectivity index (χ0n) is 15.3. The molecule has 2 N–H and O–H groups in total. The molecule has 1 saturated heterocycles. The largest absolute Gasteiger partial charge is 0.444 e. The van der Waals surface area contributed by atoms with Crippen LogP contribution in [0.5, 0.6) is 0 Å². The highest BCUT2D eigenvalue weighted by Gasteiger charge is 2.23. The van der Waals surface area contributed by atoms with Crippen LogP contribution in [0.25, 0.3) is 0 Å². The van der Waals surface area contributed by atoms with Crippen LogP contribution in [0.4, 0.5) is 4.79 Å². The minimum Gasteiger partial charge on any atom is -0.444 e. The van der Waals surface area contributed by atoms with Crippen LogP contribution in [0.2, 0.25) is 0 Å². The van der Waals surface area contributed by atoms with Crippen LogP contribution in [0.15, 0.2) is 11.6 Å². The van der Waals surface area contributed by atoms with Gasteiger partial charge in [-0.1, -0.05) is 5.57 Å². The molecule has 7 nitrogen and oxygen atoms in total. The van der Waals surface area contributed by atoms with Crippen molar-refractivity contribution in [2.75, 3.05) is 19.6 Å². The molecule has 0 unspecified atom stereocenters. The monoisotopic (exact) mass is 339 g/mol. The molecule has 3 amide bonds. The molecule has 0 spiro atoms. The molecule has 7 heteroatoms. The molecule has 0 aromatic rings. The third-order valence-electron chi connectivity index (χ3n) is 3.38. The van der Waals surface area contributed by atoms with Gasteiger partial charge in [0.15, 0.2) is 0 Å². The Morgan fingerprint density at radius 2 is 1.75 bits per heavy atom. The van der Waals surface area contributed by atoms with E-state index in [0.29, 0.717) is 25.9 Å². The maximum absolute atomic E-state index is 11.9. The Labute approximate surface area is 143 Å². The Morgan fingerprint density at radius 1 is 1.17 bits per heavy atom. The van der Waals surface area contributed by atoms with Gasteiger partial charge in [0.2, 0.25) is 11.8 Å². The summed E-state index contributed by atoms with van der Waals surface area (Å²) < 4.78 is 5.07. The molecule has 1 aliphatic rings. The SMILES string of the molecule is CC(C)=CC(=O)N1CCC(NC(=O)CNC(=O)OC(C)(C)C)CC1. The van der Waals surface area contributed by atoms with Gasteiger partial charge in [-0.05, 0) is 47.5 Å². The Morgan fingerprint density at radius 3 is 2.25 bits per heavy atom. The third-order valence-corrected chi connectivity index (χ3v) is 3.38. The van der Waals surface area contributed by atoms with Crippen LogP contribution in [0.3, 0.4) is 0 Å². The second-order valence-corrected chi connectivity index (χ2v) is 7.24. The number of hydrogen-bond acceptors (Lipinski definition) is 4. The van der Waals surface area contributed by atoms with Crippen molar-refractivity contribution in [2.24, 2.45) is 0 Å². The highest BCUT2D eigenvalue weighted by atomic mass is 16.6. The smallest absolute Gasteiger partial charge is 0.408 e. The number of likely N-dealkylation sites (tertiary alicyclic amines) is 1. The van der Waals surface area contributed by atoms with Gasteiger partial charge in [-0.25, -0.2) is 4.79 Å². The van der Waals surface area contributed by atoms with E-state index in [4.69, 9.17) is 4.74 Å². The van der Waals surface area contributed by atoms with E-state index in [1.54, 1.807) is 31.7 Å². The second kappa shape index (κ2) is 8.70. The summed E-state index contributed by atoms with van der Waals surface area (Å²) in [5, 5.41) is 5.31. The molecule has 0 saturated carbocycles. The van der Waals surface area contributed by atoms with E-state index in [-0.39, 0.29) is 24.4 Å². The fourth-order valence-electron chi connectivity index (χ4n) is 2.33. The first-order valence-corrected chi connectivity index (χ1v) is 8.27. The summed E-state index contributed by atoms with van der Waals surface area (Å²) in [5.41, 5.74) is 0.384. The Balaban J connectivity index is 2.29. The number of ether oxygens (including phenoxy) is 1. The molecule has 1 aliphatic heterocycles. The van der Waals surface area contributed by atoms with Gasteiger partial charge in [0, 0.05) is 25.2 Å². The lowest BCUT2D eigenvalue weighted by atomic mass is 10.0. The topological polar surface area (TPSA) is 87.7 Å². The van der Waals surface area contributed by atoms with Crippen molar-refractivity contribution >= 4 is 17.9 Å². The van der Waals surface area contributed by atoms with Gasteiger partial charge in [0.05, 0.1) is 0 Å². The number of nitrogens with zero attached hydrogens (tertiary/aromatic N) is 1. The summed E-state index contributed by atoms with van der Waals surface area (Å²) in [5.74, 6) is -0.235. The molecular formula is C17H29N3O4. The number of amides is 3.